The standard InChI is InChI=1S/C35H72O13/c1-2-3-4-5-6-7-8-9-10-12-37-14-16-39-18-20-41-22-24-43-26-28-45-30-32-47-34-35-48-33-31-46-29-27-44-25-23-42-21-19-40-17-15-38-13-11-36/h36H,2-35H2,1H3. The SMILES string of the molecule is CCCCCCCCCCCOCCOCCOCCOCCOCCOCCOCCOCCOCCOCCOCCOCCO. The van der Waals surface area contributed by atoms with Crippen molar-refractivity contribution in [2.45, 2.75) is 64.7 Å². The highest BCUT2D eigenvalue weighted by Gasteiger charge is 1.97. The number of aliphatic hydroxyl groups excluding tert-OH is 1. The van der Waals surface area contributed by atoms with Crippen LogP contribution in [0.1, 0.15) is 64.7 Å². The Morgan fingerprint density at radius 2 is 0.417 bits per heavy atom. The summed E-state index contributed by atoms with van der Waals surface area (Å²) in [7, 11) is 0. The van der Waals surface area contributed by atoms with Crippen LogP contribution >= 0.6 is 0 Å². The molecule has 0 heterocycles. The summed E-state index contributed by atoms with van der Waals surface area (Å²) < 4.78 is 65.4. The number of hydrogen-bond donors (Lipinski definition) is 1. The van der Waals surface area contributed by atoms with Crippen LogP contribution in [0, 0.1) is 0 Å². The lowest BCUT2D eigenvalue weighted by atomic mass is 10.1. The predicted octanol–water partition coefficient (Wildman–Crippen LogP) is 3.71. The molecule has 0 fully saturated rings. The van der Waals surface area contributed by atoms with Gasteiger partial charge in [0.2, 0.25) is 0 Å². The fourth-order valence-electron chi connectivity index (χ4n) is 4.10. The van der Waals surface area contributed by atoms with Gasteiger partial charge in [0.1, 0.15) is 0 Å². The van der Waals surface area contributed by atoms with Gasteiger partial charge in [0.25, 0.3) is 0 Å². The summed E-state index contributed by atoms with van der Waals surface area (Å²) in [6.45, 7) is 15.1. The minimum atomic E-state index is 0.0270. The molecule has 0 aliphatic heterocycles. The first-order valence-corrected chi connectivity index (χ1v) is 18.5. The third kappa shape index (κ3) is 45.5. The van der Waals surface area contributed by atoms with E-state index >= 15 is 0 Å². The van der Waals surface area contributed by atoms with Crippen molar-refractivity contribution in [1.82, 2.24) is 0 Å². The fourth-order valence-corrected chi connectivity index (χ4v) is 4.10. The van der Waals surface area contributed by atoms with Crippen molar-refractivity contribution >= 4 is 0 Å². The van der Waals surface area contributed by atoms with Gasteiger partial charge in [0.15, 0.2) is 0 Å². The van der Waals surface area contributed by atoms with Crippen molar-refractivity contribution in [3.63, 3.8) is 0 Å². The average Bonchev–Trinajstić information content (AvgIpc) is 3.10. The summed E-state index contributed by atoms with van der Waals surface area (Å²) in [5.41, 5.74) is 0. The molecule has 0 aromatic carbocycles. The number of rotatable bonds is 45. The lowest BCUT2D eigenvalue weighted by Gasteiger charge is -2.09. The van der Waals surface area contributed by atoms with Gasteiger partial charge in [-0.3, -0.25) is 0 Å². The second-order valence-corrected chi connectivity index (χ2v) is 10.9. The molecule has 0 aromatic heterocycles. The molecule has 0 aromatic rings. The van der Waals surface area contributed by atoms with Crippen LogP contribution in [0.4, 0.5) is 0 Å². The van der Waals surface area contributed by atoms with Gasteiger partial charge in [0, 0.05) is 6.61 Å². The molecule has 0 bridgehead atoms. The molecule has 1 N–H and O–H groups in total. The maximum atomic E-state index is 8.58. The van der Waals surface area contributed by atoms with Crippen LogP contribution in [-0.2, 0) is 56.8 Å². The second-order valence-electron chi connectivity index (χ2n) is 10.9. The summed E-state index contributed by atoms with van der Waals surface area (Å²) in [6.07, 6.45) is 12.0. The van der Waals surface area contributed by atoms with Gasteiger partial charge in [0.05, 0.1) is 159 Å². The molecule has 0 unspecified atom stereocenters. The Labute approximate surface area is 291 Å². The second kappa shape index (κ2) is 46.5. The predicted molar refractivity (Wildman–Crippen MR) is 184 cm³/mol. The van der Waals surface area contributed by atoms with Gasteiger partial charge >= 0.3 is 0 Å². The highest BCUT2D eigenvalue weighted by Crippen LogP contribution is 2.09. The van der Waals surface area contributed by atoms with Crippen molar-refractivity contribution in [2.75, 3.05) is 165 Å². The summed E-state index contributed by atoms with van der Waals surface area (Å²) in [5.74, 6) is 0. The van der Waals surface area contributed by atoms with E-state index in [2.05, 4.69) is 6.92 Å². The first-order chi connectivity index (χ1) is 23.9. The van der Waals surface area contributed by atoms with Crippen molar-refractivity contribution in [3.8, 4) is 0 Å². The molecular weight excluding hydrogens is 628 g/mol. The summed E-state index contributed by atoms with van der Waals surface area (Å²) in [4.78, 5) is 0. The summed E-state index contributed by atoms with van der Waals surface area (Å²) >= 11 is 0. The van der Waals surface area contributed by atoms with E-state index in [0.717, 1.165) is 13.0 Å². The number of unbranched alkanes of at least 4 members (excludes halogenated alkanes) is 8. The summed E-state index contributed by atoms with van der Waals surface area (Å²) in [5, 5.41) is 8.58. The Bertz CT molecular complexity index is 503. The smallest absolute Gasteiger partial charge is 0.0701 e. The molecule has 13 heteroatoms. The Morgan fingerprint density at radius 3 is 0.646 bits per heavy atom. The van der Waals surface area contributed by atoms with E-state index < -0.39 is 0 Å². The van der Waals surface area contributed by atoms with Crippen molar-refractivity contribution in [1.29, 1.82) is 0 Å². The quantitative estimate of drug-likeness (QED) is 0.0928. The topological polar surface area (TPSA) is 131 Å². The monoisotopic (exact) mass is 700 g/mol. The number of aliphatic hydroxyl groups is 1. The van der Waals surface area contributed by atoms with Crippen LogP contribution in [-0.4, -0.2) is 170 Å². The van der Waals surface area contributed by atoms with E-state index in [9.17, 15) is 0 Å². The molecule has 0 aliphatic rings. The molecule has 0 aliphatic carbocycles. The highest BCUT2D eigenvalue weighted by molar-refractivity contribution is 4.47. The number of hydrogen-bond acceptors (Lipinski definition) is 13. The molecule has 0 saturated heterocycles. The van der Waals surface area contributed by atoms with Crippen LogP contribution in [0.2, 0.25) is 0 Å². The first-order valence-electron chi connectivity index (χ1n) is 18.5. The molecule has 13 nitrogen and oxygen atoms in total. The van der Waals surface area contributed by atoms with Crippen molar-refractivity contribution in [2.24, 2.45) is 0 Å². The maximum Gasteiger partial charge on any atom is 0.0701 e. The van der Waals surface area contributed by atoms with Gasteiger partial charge in [-0.25, -0.2) is 0 Å². The molecule has 290 valence electrons. The molecule has 0 spiro atoms. The largest absolute Gasteiger partial charge is 0.394 e. The molecular formula is C35H72O13. The Hall–Kier alpha value is -0.520. The van der Waals surface area contributed by atoms with Gasteiger partial charge < -0.3 is 61.9 Å². The molecule has 0 amide bonds. The van der Waals surface area contributed by atoms with E-state index in [1.54, 1.807) is 0 Å². The normalized spacial score (nSPS) is 11.6. The Kier molecular flexibility index (Phi) is 46.0. The van der Waals surface area contributed by atoms with Crippen LogP contribution < -0.4 is 0 Å². The van der Waals surface area contributed by atoms with Gasteiger partial charge in [-0.1, -0.05) is 58.3 Å². The lowest BCUT2D eigenvalue weighted by Crippen LogP contribution is -2.15. The van der Waals surface area contributed by atoms with E-state index in [1.807, 2.05) is 0 Å². The maximum absolute atomic E-state index is 8.58. The van der Waals surface area contributed by atoms with E-state index in [4.69, 9.17) is 61.9 Å². The Balaban J connectivity index is 3.04. The van der Waals surface area contributed by atoms with E-state index in [1.165, 1.54) is 51.4 Å². The molecule has 48 heavy (non-hydrogen) atoms. The third-order valence-electron chi connectivity index (χ3n) is 6.72. The van der Waals surface area contributed by atoms with Crippen LogP contribution in [0.5, 0.6) is 0 Å². The molecule has 0 saturated carbocycles. The highest BCUT2D eigenvalue weighted by atomic mass is 16.6. The summed E-state index contributed by atoms with van der Waals surface area (Å²) in [6, 6.07) is 0. The van der Waals surface area contributed by atoms with Gasteiger partial charge in [-0.15, -0.1) is 0 Å². The molecule has 0 rings (SSSR count). The Morgan fingerprint density at radius 1 is 0.229 bits per heavy atom. The van der Waals surface area contributed by atoms with Crippen LogP contribution in [0.3, 0.4) is 0 Å². The van der Waals surface area contributed by atoms with E-state index in [-0.39, 0.29) is 6.61 Å². The number of ether oxygens (including phenoxy) is 12. The lowest BCUT2D eigenvalue weighted by molar-refractivity contribution is -0.0286. The van der Waals surface area contributed by atoms with Crippen molar-refractivity contribution < 1.29 is 61.9 Å². The van der Waals surface area contributed by atoms with Crippen LogP contribution in [0.15, 0.2) is 0 Å². The van der Waals surface area contributed by atoms with E-state index in [0.29, 0.717) is 152 Å². The molecule has 0 radical (unpaired) electrons. The average molecular weight is 701 g/mol. The van der Waals surface area contributed by atoms with Gasteiger partial charge in [-0.05, 0) is 6.42 Å². The van der Waals surface area contributed by atoms with Gasteiger partial charge in [-0.2, -0.15) is 0 Å². The van der Waals surface area contributed by atoms with Crippen LogP contribution in [0.25, 0.3) is 0 Å². The fraction of sp³-hybridized carbons (Fsp3) is 1.00. The first kappa shape index (κ1) is 47.5. The zero-order chi connectivity index (χ0) is 34.5. The zero-order valence-corrected chi connectivity index (χ0v) is 30.4. The zero-order valence-electron chi connectivity index (χ0n) is 30.4. The molecule has 0 atom stereocenters. The minimum absolute atomic E-state index is 0.0270. The minimum Gasteiger partial charge on any atom is -0.394 e. The van der Waals surface area contributed by atoms with Crippen molar-refractivity contribution in [3.05, 3.63) is 0 Å². The third-order valence-corrected chi connectivity index (χ3v) is 6.72.